The molecule has 0 atom stereocenters. The van der Waals surface area contributed by atoms with E-state index in [1.807, 2.05) is 20.8 Å². The Morgan fingerprint density at radius 2 is 1.62 bits per heavy atom. The number of nitrogens with zero attached hydrogens (tertiary/aromatic N) is 1. The average molecular weight is 303 g/mol. The van der Waals surface area contributed by atoms with Gasteiger partial charge in [0.1, 0.15) is 5.69 Å². The maximum absolute atomic E-state index is 11.9. The van der Waals surface area contributed by atoms with Crippen molar-refractivity contribution in [2.45, 2.75) is 20.8 Å². The molecule has 0 saturated heterocycles. The molecule has 2 rings (SSSR count). The van der Waals surface area contributed by atoms with E-state index in [1.54, 1.807) is 35.2 Å². The van der Waals surface area contributed by atoms with Crippen molar-refractivity contribution in [3.05, 3.63) is 40.8 Å². The van der Waals surface area contributed by atoms with Gasteiger partial charge in [-0.1, -0.05) is 20.8 Å². The molecule has 1 aromatic heterocycles. The number of benzene rings is 1. The zero-order valence-corrected chi connectivity index (χ0v) is 13.0. The first kappa shape index (κ1) is 15.2. The maximum atomic E-state index is 11.9. The van der Waals surface area contributed by atoms with Crippen molar-refractivity contribution in [1.29, 1.82) is 0 Å². The minimum Gasteiger partial charge on any atom is -0.326 e. The van der Waals surface area contributed by atoms with E-state index in [1.165, 1.54) is 11.3 Å². The Morgan fingerprint density at radius 3 is 2.10 bits per heavy atom. The fourth-order valence-corrected chi connectivity index (χ4v) is 2.01. The predicted octanol–water partition coefficient (Wildman–Crippen LogP) is 3.38. The Bertz CT molecular complexity index is 628. The number of aromatic nitrogens is 1. The topological polar surface area (TPSA) is 71.1 Å². The fraction of sp³-hybridized carbons (Fsp3) is 0.267. The van der Waals surface area contributed by atoms with Crippen molar-refractivity contribution in [2.24, 2.45) is 5.41 Å². The van der Waals surface area contributed by atoms with Gasteiger partial charge in [-0.3, -0.25) is 9.59 Å². The molecule has 0 bridgehead atoms. The van der Waals surface area contributed by atoms with Gasteiger partial charge >= 0.3 is 0 Å². The summed E-state index contributed by atoms with van der Waals surface area (Å²) in [6, 6.07) is 6.98. The van der Waals surface area contributed by atoms with E-state index < -0.39 is 5.41 Å². The van der Waals surface area contributed by atoms with Crippen LogP contribution in [0.5, 0.6) is 0 Å². The van der Waals surface area contributed by atoms with Crippen LogP contribution < -0.4 is 10.6 Å². The second-order valence-electron chi connectivity index (χ2n) is 5.61. The second kappa shape index (κ2) is 6.05. The summed E-state index contributed by atoms with van der Waals surface area (Å²) in [6.07, 6.45) is 0. The standard InChI is InChI=1S/C15H17N3O2S/c1-15(2,3)14(20)18-11-6-4-10(5-7-11)17-13(19)12-8-21-9-16-12/h4-9H,1-3H3,(H,17,19)(H,18,20). The third-order valence-corrected chi connectivity index (χ3v) is 3.33. The normalized spacial score (nSPS) is 11.0. The van der Waals surface area contributed by atoms with Crippen LogP contribution in [0, 0.1) is 5.41 Å². The Kier molecular flexibility index (Phi) is 4.37. The van der Waals surface area contributed by atoms with Crippen molar-refractivity contribution in [3.8, 4) is 0 Å². The van der Waals surface area contributed by atoms with Crippen molar-refractivity contribution >= 4 is 34.5 Å². The molecule has 0 spiro atoms. The largest absolute Gasteiger partial charge is 0.326 e. The van der Waals surface area contributed by atoms with E-state index >= 15 is 0 Å². The number of hydrogen-bond donors (Lipinski definition) is 2. The number of carbonyl (C=O) groups is 2. The highest BCUT2D eigenvalue weighted by Crippen LogP contribution is 2.19. The van der Waals surface area contributed by atoms with Crippen LogP contribution in [0.25, 0.3) is 0 Å². The first-order valence-corrected chi connectivity index (χ1v) is 7.41. The van der Waals surface area contributed by atoms with Gasteiger partial charge in [0.25, 0.3) is 5.91 Å². The number of amides is 2. The summed E-state index contributed by atoms with van der Waals surface area (Å²) in [7, 11) is 0. The molecule has 5 nitrogen and oxygen atoms in total. The molecule has 6 heteroatoms. The van der Waals surface area contributed by atoms with E-state index in [9.17, 15) is 9.59 Å². The lowest BCUT2D eigenvalue weighted by Crippen LogP contribution is -2.27. The molecular formula is C15H17N3O2S. The summed E-state index contributed by atoms with van der Waals surface area (Å²) in [6.45, 7) is 5.56. The van der Waals surface area contributed by atoms with Gasteiger partial charge in [0, 0.05) is 22.2 Å². The highest BCUT2D eigenvalue weighted by Gasteiger charge is 2.21. The summed E-state index contributed by atoms with van der Waals surface area (Å²) in [5, 5.41) is 7.26. The van der Waals surface area contributed by atoms with Crippen molar-refractivity contribution in [1.82, 2.24) is 4.98 Å². The SMILES string of the molecule is CC(C)(C)C(=O)Nc1ccc(NC(=O)c2cscn2)cc1. The van der Waals surface area contributed by atoms with Gasteiger partial charge in [-0.15, -0.1) is 11.3 Å². The van der Waals surface area contributed by atoms with Crippen molar-refractivity contribution in [3.63, 3.8) is 0 Å². The first-order chi connectivity index (χ1) is 9.86. The van der Waals surface area contributed by atoms with Gasteiger partial charge in [-0.25, -0.2) is 4.98 Å². The third kappa shape index (κ3) is 4.13. The molecule has 110 valence electrons. The average Bonchev–Trinajstić information content (AvgIpc) is 2.94. The Labute approximate surface area is 127 Å². The van der Waals surface area contributed by atoms with E-state index in [4.69, 9.17) is 0 Å². The number of rotatable bonds is 3. The molecule has 0 aliphatic carbocycles. The molecule has 1 aromatic carbocycles. The van der Waals surface area contributed by atoms with Crippen LogP contribution in [0.4, 0.5) is 11.4 Å². The summed E-state index contributed by atoms with van der Waals surface area (Å²) < 4.78 is 0. The molecule has 0 aliphatic heterocycles. The number of thiazole rings is 1. The van der Waals surface area contributed by atoms with E-state index in [2.05, 4.69) is 15.6 Å². The molecule has 0 radical (unpaired) electrons. The molecule has 0 fully saturated rings. The highest BCUT2D eigenvalue weighted by atomic mass is 32.1. The number of carbonyl (C=O) groups excluding carboxylic acids is 2. The van der Waals surface area contributed by atoms with Gasteiger partial charge < -0.3 is 10.6 Å². The van der Waals surface area contributed by atoms with Gasteiger partial charge in [0.05, 0.1) is 5.51 Å². The summed E-state index contributed by atoms with van der Waals surface area (Å²) in [4.78, 5) is 27.6. The van der Waals surface area contributed by atoms with Gasteiger partial charge in [-0.05, 0) is 24.3 Å². The quantitative estimate of drug-likeness (QED) is 0.913. The lowest BCUT2D eigenvalue weighted by atomic mass is 9.95. The zero-order valence-electron chi connectivity index (χ0n) is 12.1. The number of nitrogens with one attached hydrogen (secondary N) is 2. The van der Waals surface area contributed by atoms with Crippen molar-refractivity contribution < 1.29 is 9.59 Å². The molecule has 2 amide bonds. The predicted molar refractivity (Wildman–Crippen MR) is 84.6 cm³/mol. The van der Waals surface area contributed by atoms with Crippen LogP contribution in [-0.2, 0) is 4.79 Å². The van der Waals surface area contributed by atoms with E-state index in [0.29, 0.717) is 17.1 Å². The lowest BCUT2D eigenvalue weighted by molar-refractivity contribution is -0.123. The lowest BCUT2D eigenvalue weighted by Gasteiger charge is -2.17. The van der Waals surface area contributed by atoms with Crippen LogP contribution >= 0.6 is 11.3 Å². The minimum absolute atomic E-state index is 0.0539. The van der Waals surface area contributed by atoms with E-state index in [-0.39, 0.29) is 11.8 Å². The van der Waals surface area contributed by atoms with Crippen molar-refractivity contribution in [2.75, 3.05) is 10.6 Å². The highest BCUT2D eigenvalue weighted by molar-refractivity contribution is 7.07. The molecule has 2 N–H and O–H groups in total. The zero-order chi connectivity index (χ0) is 15.5. The van der Waals surface area contributed by atoms with Crippen LogP contribution in [0.2, 0.25) is 0 Å². The number of hydrogen-bond acceptors (Lipinski definition) is 4. The second-order valence-corrected chi connectivity index (χ2v) is 6.33. The molecule has 21 heavy (non-hydrogen) atoms. The first-order valence-electron chi connectivity index (χ1n) is 6.47. The Morgan fingerprint density at radius 1 is 1.05 bits per heavy atom. The molecule has 0 unspecified atom stereocenters. The summed E-state index contributed by atoms with van der Waals surface area (Å²) in [5.41, 5.74) is 2.91. The smallest absolute Gasteiger partial charge is 0.275 e. The summed E-state index contributed by atoms with van der Waals surface area (Å²) in [5.74, 6) is -0.301. The van der Waals surface area contributed by atoms with Crippen LogP contribution in [0.3, 0.4) is 0 Å². The Hall–Kier alpha value is -2.21. The third-order valence-electron chi connectivity index (χ3n) is 2.75. The minimum atomic E-state index is -0.447. The monoisotopic (exact) mass is 303 g/mol. The van der Waals surface area contributed by atoms with Crippen LogP contribution in [0.1, 0.15) is 31.3 Å². The molecular weight excluding hydrogens is 286 g/mol. The summed E-state index contributed by atoms with van der Waals surface area (Å²) >= 11 is 1.37. The molecule has 0 aliphatic rings. The molecule has 1 heterocycles. The van der Waals surface area contributed by atoms with Crippen LogP contribution in [0.15, 0.2) is 35.2 Å². The van der Waals surface area contributed by atoms with E-state index in [0.717, 1.165) is 0 Å². The molecule has 2 aromatic rings. The Balaban J connectivity index is 1.99. The fourth-order valence-electron chi connectivity index (χ4n) is 1.48. The van der Waals surface area contributed by atoms with Crippen LogP contribution in [-0.4, -0.2) is 16.8 Å². The number of anilines is 2. The van der Waals surface area contributed by atoms with Gasteiger partial charge in [0.2, 0.25) is 5.91 Å². The molecule has 0 saturated carbocycles. The van der Waals surface area contributed by atoms with Gasteiger partial charge in [0.15, 0.2) is 0 Å². The maximum Gasteiger partial charge on any atom is 0.275 e. The van der Waals surface area contributed by atoms with Gasteiger partial charge in [-0.2, -0.15) is 0 Å².